The van der Waals surface area contributed by atoms with Crippen molar-refractivity contribution in [2.24, 2.45) is 11.8 Å². The van der Waals surface area contributed by atoms with Crippen molar-refractivity contribution in [3.05, 3.63) is 48.0 Å². The minimum Gasteiger partial charge on any atom is -0.462 e. The molecule has 1 aromatic rings. The summed E-state index contributed by atoms with van der Waals surface area (Å²) < 4.78 is 26.1. The van der Waals surface area contributed by atoms with Crippen molar-refractivity contribution in [3.8, 4) is 0 Å². The molecule has 1 N–H and O–H groups in total. The van der Waals surface area contributed by atoms with Crippen LogP contribution in [0.5, 0.6) is 0 Å². The van der Waals surface area contributed by atoms with Crippen LogP contribution in [0.1, 0.15) is 55.3 Å². The van der Waals surface area contributed by atoms with Crippen molar-refractivity contribution in [1.29, 1.82) is 0 Å². The molecule has 1 heterocycles. The van der Waals surface area contributed by atoms with Crippen molar-refractivity contribution in [2.45, 2.75) is 68.9 Å². The monoisotopic (exact) mass is 402 g/mol. The molecule has 5 nitrogen and oxygen atoms in total. The number of ether oxygens (including phenoxy) is 2. The summed E-state index contributed by atoms with van der Waals surface area (Å²) in [5, 5.41) is 10.5. The van der Waals surface area contributed by atoms with E-state index in [1.165, 1.54) is 6.08 Å². The van der Waals surface area contributed by atoms with E-state index in [4.69, 9.17) is 9.47 Å². The lowest BCUT2D eigenvalue weighted by Crippen LogP contribution is -2.38. The summed E-state index contributed by atoms with van der Waals surface area (Å²) in [6, 6.07) is 8.72. The summed E-state index contributed by atoms with van der Waals surface area (Å²) in [7, 11) is 0. The Bertz CT molecular complexity index is 771. The molecule has 1 saturated heterocycles. The van der Waals surface area contributed by atoms with Gasteiger partial charge in [-0.05, 0) is 25.0 Å². The fourth-order valence-corrected chi connectivity index (χ4v) is 4.91. The zero-order valence-corrected chi connectivity index (χ0v) is 16.3. The van der Waals surface area contributed by atoms with Crippen LogP contribution in [-0.4, -0.2) is 41.0 Å². The van der Waals surface area contributed by atoms with Crippen molar-refractivity contribution in [1.82, 2.24) is 0 Å². The van der Waals surface area contributed by atoms with E-state index in [1.54, 1.807) is 30.3 Å². The number of carbonyl (C=O) groups is 2. The first kappa shape index (κ1) is 20.1. The van der Waals surface area contributed by atoms with Crippen LogP contribution in [0.3, 0.4) is 0 Å². The Morgan fingerprint density at radius 1 is 1.24 bits per heavy atom. The van der Waals surface area contributed by atoms with E-state index in [0.717, 1.165) is 19.3 Å². The maximum atomic E-state index is 15.0. The minimum absolute atomic E-state index is 0.124. The molecule has 0 unspecified atom stereocenters. The number of hydrogen-bond donors (Lipinski definition) is 1. The Morgan fingerprint density at radius 3 is 2.69 bits per heavy atom. The average Bonchev–Trinajstić information content (AvgIpc) is 3.23. The Kier molecular flexibility index (Phi) is 5.72. The molecule has 2 aliphatic carbocycles. The van der Waals surface area contributed by atoms with E-state index in [2.05, 4.69) is 0 Å². The lowest BCUT2D eigenvalue weighted by molar-refractivity contribution is -0.141. The Balaban J connectivity index is 1.49. The SMILES string of the molecule is O=C1C[C@H]2[C@H](C=C[C@H](O)C3(F)CCCCC3)[C@@H](OC(=O)c3ccccc3)C[C@H]2O1. The number of aliphatic hydroxyl groups is 1. The van der Waals surface area contributed by atoms with E-state index < -0.39 is 23.8 Å². The predicted molar refractivity (Wildman–Crippen MR) is 104 cm³/mol. The number of carbonyl (C=O) groups excluding carboxylic acids is 2. The highest BCUT2D eigenvalue weighted by molar-refractivity contribution is 5.89. The summed E-state index contributed by atoms with van der Waals surface area (Å²) in [6.07, 6.45) is 5.14. The molecular weight excluding hydrogens is 375 g/mol. The minimum atomic E-state index is -1.61. The molecule has 5 atom stereocenters. The fourth-order valence-electron chi connectivity index (χ4n) is 4.91. The molecule has 1 aliphatic heterocycles. The molecule has 6 heteroatoms. The summed E-state index contributed by atoms with van der Waals surface area (Å²) >= 11 is 0. The number of alkyl halides is 1. The van der Waals surface area contributed by atoms with Crippen LogP contribution in [0.2, 0.25) is 0 Å². The number of esters is 2. The summed E-state index contributed by atoms with van der Waals surface area (Å²) in [4.78, 5) is 24.2. The van der Waals surface area contributed by atoms with Crippen molar-refractivity contribution >= 4 is 11.9 Å². The van der Waals surface area contributed by atoms with Gasteiger partial charge in [0.15, 0.2) is 0 Å². The molecule has 156 valence electrons. The van der Waals surface area contributed by atoms with E-state index >= 15 is 4.39 Å². The highest BCUT2D eigenvalue weighted by Gasteiger charge is 2.51. The molecular formula is C23H27FO5. The molecule has 0 aromatic heterocycles. The molecule has 1 aromatic carbocycles. The fraction of sp³-hybridized carbons (Fsp3) is 0.565. The molecule has 2 saturated carbocycles. The largest absolute Gasteiger partial charge is 0.462 e. The van der Waals surface area contributed by atoms with Crippen molar-refractivity contribution < 1.29 is 28.6 Å². The molecule has 3 aliphatic rings. The third kappa shape index (κ3) is 4.22. The topological polar surface area (TPSA) is 72.8 Å². The Hall–Kier alpha value is -2.21. The second-order valence-electron chi connectivity index (χ2n) is 8.44. The van der Waals surface area contributed by atoms with Gasteiger partial charge in [0, 0.05) is 18.3 Å². The van der Waals surface area contributed by atoms with Gasteiger partial charge in [0.05, 0.1) is 12.0 Å². The third-order valence-corrected chi connectivity index (χ3v) is 6.55. The summed E-state index contributed by atoms with van der Waals surface area (Å²) in [5.74, 6) is -1.11. The molecule has 3 fully saturated rings. The van der Waals surface area contributed by atoms with Gasteiger partial charge in [-0.3, -0.25) is 4.79 Å². The molecule has 0 bridgehead atoms. The molecule has 29 heavy (non-hydrogen) atoms. The summed E-state index contributed by atoms with van der Waals surface area (Å²) in [6.45, 7) is 0. The number of hydrogen-bond acceptors (Lipinski definition) is 5. The first-order chi connectivity index (χ1) is 14.0. The second-order valence-corrected chi connectivity index (χ2v) is 8.44. The Labute approximate surface area is 169 Å². The van der Waals surface area contributed by atoms with Crippen LogP contribution in [0.15, 0.2) is 42.5 Å². The maximum absolute atomic E-state index is 15.0. The van der Waals surface area contributed by atoms with Crippen molar-refractivity contribution in [3.63, 3.8) is 0 Å². The molecule has 0 spiro atoms. The molecule has 4 rings (SSSR count). The highest BCUT2D eigenvalue weighted by atomic mass is 19.1. The number of fused-ring (bicyclic) bond motifs is 1. The van der Waals surface area contributed by atoms with E-state index in [0.29, 0.717) is 24.8 Å². The van der Waals surface area contributed by atoms with Crippen LogP contribution in [0, 0.1) is 11.8 Å². The van der Waals surface area contributed by atoms with Gasteiger partial charge in [-0.25, -0.2) is 9.18 Å². The van der Waals surface area contributed by atoms with E-state index in [-0.39, 0.29) is 30.3 Å². The van der Waals surface area contributed by atoms with Crippen LogP contribution in [0.4, 0.5) is 4.39 Å². The highest BCUT2D eigenvalue weighted by Crippen LogP contribution is 2.44. The standard InChI is InChI=1S/C23H27FO5/c24-23(11-5-2-6-12-23)20(25)10-9-16-17-13-21(26)28-19(17)14-18(16)29-22(27)15-7-3-1-4-8-15/h1,3-4,7-10,16-20,25H,2,5-6,11-14H2/t16-,17-,18-,19+,20-/m0/s1. The first-order valence-electron chi connectivity index (χ1n) is 10.5. The molecule has 0 radical (unpaired) electrons. The van der Waals surface area contributed by atoms with Gasteiger partial charge in [-0.15, -0.1) is 0 Å². The lowest BCUT2D eigenvalue weighted by Gasteiger charge is -2.32. The van der Waals surface area contributed by atoms with Gasteiger partial charge < -0.3 is 14.6 Å². The number of halogens is 1. The second kappa shape index (κ2) is 8.27. The van der Waals surface area contributed by atoms with Crippen LogP contribution >= 0.6 is 0 Å². The average molecular weight is 402 g/mol. The van der Waals surface area contributed by atoms with Crippen LogP contribution in [-0.2, 0) is 14.3 Å². The van der Waals surface area contributed by atoms with E-state index in [9.17, 15) is 14.7 Å². The van der Waals surface area contributed by atoms with Crippen LogP contribution in [0.25, 0.3) is 0 Å². The quantitative estimate of drug-likeness (QED) is 0.600. The van der Waals surface area contributed by atoms with Gasteiger partial charge in [-0.1, -0.05) is 49.6 Å². The van der Waals surface area contributed by atoms with Gasteiger partial charge in [0.2, 0.25) is 0 Å². The maximum Gasteiger partial charge on any atom is 0.338 e. The number of benzene rings is 1. The van der Waals surface area contributed by atoms with Gasteiger partial charge in [0.1, 0.15) is 24.0 Å². The third-order valence-electron chi connectivity index (χ3n) is 6.55. The Morgan fingerprint density at radius 2 is 1.97 bits per heavy atom. The smallest absolute Gasteiger partial charge is 0.338 e. The first-order valence-corrected chi connectivity index (χ1v) is 10.5. The summed E-state index contributed by atoms with van der Waals surface area (Å²) in [5.41, 5.74) is -1.15. The zero-order valence-electron chi connectivity index (χ0n) is 16.3. The van der Waals surface area contributed by atoms with Gasteiger partial charge >= 0.3 is 11.9 Å². The lowest BCUT2D eigenvalue weighted by atomic mass is 9.81. The zero-order chi connectivity index (χ0) is 20.4. The van der Waals surface area contributed by atoms with Crippen molar-refractivity contribution in [2.75, 3.05) is 0 Å². The van der Waals surface area contributed by atoms with Gasteiger partial charge in [-0.2, -0.15) is 0 Å². The molecule has 0 amide bonds. The predicted octanol–water partition coefficient (Wildman–Crippen LogP) is 3.75. The normalized spacial score (nSPS) is 32.0. The number of rotatable bonds is 5. The van der Waals surface area contributed by atoms with Gasteiger partial charge in [0.25, 0.3) is 0 Å². The van der Waals surface area contributed by atoms with Crippen LogP contribution < -0.4 is 0 Å². The van der Waals surface area contributed by atoms with E-state index in [1.807, 2.05) is 6.07 Å². The number of aliphatic hydroxyl groups excluding tert-OH is 1.